The zero-order valence-corrected chi connectivity index (χ0v) is 9.76. The number of hydrogen-bond acceptors (Lipinski definition) is 3. The van der Waals surface area contributed by atoms with E-state index in [0.29, 0.717) is 0 Å². The monoisotopic (exact) mass is 237 g/mol. The first-order valence-corrected chi connectivity index (χ1v) is 6.53. The molecule has 6 heteroatoms. The Morgan fingerprint density at radius 3 is 2.60 bits per heavy atom. The van der Waals surface area contributed by atoms with E-state index in [4.69, 9.17) is 0 Å². The molecule has 0 aromatic heterocycles. The molecule has 0 N–H and O–H groups in total. The van der Waals surface area contributed by atoms with E-state index >= 15 is 0 Å². The van der Waals surface area contributed by atoms with Crippen molar-refractivity contribution in [3.05, 3.63) is 0 Å². The lowest BCUT2D eigenvalue weighted by atomic mass is 10.2. The van der Waals surface area contributed by atoms with Crippen molar-refractivity contribution >= 4 is 16.1 Å². The van der Waals surface area contributed by atoms with Crippen LogP contribution in [-0.4, -0.2) is 37.1 Å². The highest BCUT2D eigenvalue weighted by Gasteiger charge is 2.39. The van der Waals surface area contributed by atoms with Crippen LogP contribution in [-0.2, 0) is 15.0 Å². The van der Waals surface area contributed by atoms with Crippen molar-refractivity contribution in [3.8, 4) is 0 Å². The predicted octanol–water partition coefficient (Wildman–Crippen LogP) is 1.08. The van der Waals surface area contributed by atoms with E-state index in [1.54, 1.807) is 0 Å². The van der Waals surface area contributed by atoms with Crippen LogP contribution in [0.3, 0.4) is 0 Å². The van der Waals surface area contributed by atoms with Gasteiger partial charge in [0.15, 0.2) is 0 Å². The number of hydrogen-bond donors (Lipinski definition) is 0. The summed E-state index contributed by atoms with van der Waals surface area (Å²) >= 11 is 0. The van der Waals surface area contributed by atoms with Gasteiger partial charge in [0.25, 0.3) is 0 Å². The average molecular weight is 237 g/mol. The zero-order chi connectivity index (χ0) is 11.6. The maximum atomic E-state index is 12.7. The van der Waals surface area contributed by atoms with E-state index in [9.17, 15) is 17.1 Å². The minimum Gasteiger partial charge on any atom is -0.339 e. The van der Waals surface area contributed by atoms with Gasteiger partial charge in [0.1, 0.15) is 5.25 Å². The van der Waals surface area contributed by atoms with Crippen LogP contribution >= 0.6 is 0 Å². The van der Waals surface area contributed by atoms with Gasteiger partial charge in [-0.15, -0.1) is 3.89 Å². The summed E-state index contributed by atoms with van der Waals surface area (Å²) in [6.45, 7) is 3.84. The second kappa shape index (κ2) is 4.47. The van der Waals surface area contributed by atoms with E-state index in [-0.39, 0.29) is 24.9 Å². The normalized spacial score (nSPS) is 24.6. The number of nitrogens with zero attached hydrogens (tertiary/aromatic N) is 1. The molecule has 2 unspecified atom stereocenters. The third kappa shape index (κ3) is 2.90. The predicted molar refractivity (Wildman–Crippen MR) is 54.5 cm³/mol. The molecule has 0 aromatic carbocycles. The molecule has 1 heterocycles. The molecule has 0 spiro atoms. The fourth-order valence-electron chi connectivity index (χ4n) is 1.89. The number of amides is 1. The van der Waals surface area contributed by atoms with Crippen molar-refractivity contribution in [3.63, 3.8) is 0 Å². The summed E-state index contributed by atoms with van der Waals surface area (Å²) in [6.07, 6.45) is 1.51. The zero-order valence-electron chi connectivity index (χ0n) is 8.94. The van der Waals surface area contributed by atoms with E-state index in [2.05, 4.69) is 0 Å². The Balaban J connectivity index is 2.69. The summed E-state index contributed by atoms with van der Waals surface area (Å²) in [4.78, 5) is 12.9. The Morgan fingerprint density at radius 1 is 1.60 bits per heavy atom. The lowest BCUT2D eigenvalue weighted by Gasteiger charge is -2.23. The maximum Gasteiger partial charge on any atom is 0.307 e. The van der Waals surface area contributed by atoms with E-state index < -0.39 is 15.5 Å². The topological polar surface area (TPSA) is 54.5 Å². The molecule has 1 aliphatic rings. The Morgan fingerprint density at radius 2 is 2.20 bits per heavy atom. The molecule has 0 bridgehead atoms. The van der Waals surface area contributed by atoms with Crippen molar-refractivity contribution in [1.82, 2.24) is 4.90 Å². The van der Waals surface area contributed by atoms with Gasteiger partial charge in [0.05, 0.1) is 0 Å². The van der Waals surface area contributed by atoms with Gasteiger partial charge in [-0.25, -0.2) is 0 Å². The van der Waals surface area contributed by atoms with Gasteiger partial charge >= 0.3 is 10.2 Å². The fraction of sp³-hybridized carbons (Fsp3) is 0.889. The molecule has 4 nitrogen and oxygen atoms in total. The quantitative estimate of drug-likeness (QED) is 0.687. The van der Waals surface area contributed by atoms with E-state index in [0.717, 1.165) is 12.8 Å². The van der Waals surface area contributed by atoms with Crippen LogP contribution in [0.2, 0.25) is 0 Å². The van der Waals surface area contributed by atoms with Gasteiger partial charge in [-0.3, -0.25) is 4.79 Å². The molecular weight excluding hydrogens is 221 g/mol. The Kier molecular flexibility index (Phi) is 3.70. The third-order valence-electron chi connectivity index (χ3n) is 2.76. The molecule has 1 rings (SSSR count). The molecular formula is C9H16FNO3S. The maximum absolute atomic E-state index is 12.7. The van der Waals surface area contributed by atoms with Gasteiger partial charge in [-0.2, -0.15) is 8.42 Å². The Bertz CT molecular complexity index is 341. The van der Waals surface area contributed by atoms with Crippen molar-refractivity contribution < 1.29 is 17.1 Å². The molecule has 88 valence electrons. The van der Waals surface area contributed by atoms with Crippen LogP contribution in [0.15, 0.2) is 0 Å². The van der Waals surface area contributed by atoms with Crippen LogP contribution in [0, 0.1) is 0 Å². The van der Waals surface area contributed by atoms with Crippen LogP contribution in [0.4, 0.5) is 3.89 Å². The fourth-order valence-corrected chi connectivity index (χ4v) is 2.57. The lowest BCUT2D eigenvalue weighted by Crippen LogP contribution is -2.35. The minimum absolute atomic E-state index is 0.00116. The average Bonchev–Trinajstić information content (AvgIpc) is 2.47. The first kappa shape index (κ1) is 12.4. The molecule has 1 saturated heterocycles. The van der Waals surface area contributed by atoms with Crippen LogP contribution < -0.4 is 0 Å². The molecule has 0 saturated carbocycles. The summed E-state index contributed by atoms with van der Waals surface area (Å²) in [5, 5.41) is -1.16. The largest absolute Gasteiger partial charge is 0.339 e. The molecule has 0 aliphatic carbocycles. The second-order valence-corrected chi connectivity index (χ2v) is 5.60. The second-order valence-electron chi connectivity index (χ2n) is 3.99. The van der Waals surface area contributed by atoms with E-state index in [1.165, 1.54) is 4.90 Å². The molecule has 1 fully saturated rings. The highest BCUT2D eigenvalue weighted by Crippen LogP contribution is 2.22. The van der Waals surface area contributed by atoms with Crippen molar-refractivity contribution in [2.45, 2.75) is 44.4 Å². The SMILES string of the molecule is CCCC(C)N1CC(S(=O)(=O)F)CC1=O. The van der Waals surface area contributed by atoms with Gasteiger partial charge < -0.3 is 4.90 Å². The van der Waals surface area contributed by atoms with Crippen LogP contribution in [0.1, 0.15) is 33.1 Å². The van der Waals surface area contributed by atoms with Gasteiger partial charge in [-0.1, -0.05) is 13.3 Å². The number of likely N-dealkylation sites (tertiary alicyclic amines) is 1. The number of halogens is 1. The van der Waals surface area contributed by atoms with E-state index in [1.807, 2.05) is 13.8 Å². The molecule has 1 amide bonds. The van der Waals surface area contributed by atoms with Crippen molar-refractivity contribution in [1.29, 1.82) is 0 Å². The highest BCUT2D eigenvalue weighted by atomic mass is 32.3. The van der Waals surface area contributed by atoms with Crippen molar-refractivity contribution in [2.75, 3.05) is 6.54 Å². The number of carbonyl (C=O) groups excluding carboxylic acids is 1. The summed E-state index contributed by atoms with van der Waals surface area (Å²) < 4.78 is 34.0. The molecule has 1 aliphatic heterocycles. The Hall–Kier alpha value is -0.650. The summed E-state index contributed by atoms with van der Waals surface area (Å²) in [5.41, 5.74) is 0. The molecule has 2 atom stereocenters. The standard InChI is InChI=1S/C9H16FNO3S/c1-3-4-7(2)11-6-8(5-9(11)12)15(10,13)14/h7-8H,3-6H2,1-2H3. The first-order valence-electron chi connectivity index (χ1n) is 5.09. The number of carbonyl (C=O) groups is 1. The molecule has 0 aromatic rings. The highest BCUT2D eigenvalue weighted by molar-refractivity contribution is 7.87. The minimum atomic E-state index is -4.58. The molecule has 15 heavy (non-hydrogen) atoms. The van der Waals surface area contributed by atoms with Gasteiger partial charge in [0, 0.05) is 19.0 Å². The smallest absolute Gasteiger partial charge is 0.307 e. The third-order valence-corrected chi connectivity index (χ3v) is 3.87. The molecule has 0 radical (unpaired) electrons. The summed E-state index contributed by atoms with van der Waals surface area (Å²) in [7, 11) is -4.58. The van der Waals surface area contributed by atoms with Gasteiger partial charge in [-0.05, 0) is 13.3 Å². The van der Waals surface area contributed by atoms with Crippen LogP contribution in [0.5, 0.6) is 0 Å². The summed E-state index contributed by atoms with van der Waals surface area (Å²) in [6, 6.07) is -0.00532. The number of rotatable bonds is 4. The Labute approximate surface area is 89.7 Å². The van der Waals surface area contributed by atoms with Crippen molar-refractivity contribution in [2.24, 2.45) is 0 Å². The summed E-state index contributed by atoms with van der Waals surface area (Å²) in [5.74, 6) is -0.262. The van der Waals surface area contributed by atoms with Gasteiger partial charge in [0.2, 0.25) is 5.91 Å². The van der Waals surface area contributed by atoms with Crippen LogP contribution in [0.25, 0.3) is 0 Å². The first-order chi connectivity index (χ1) is 6.86. The lowest BCUT2D eigenvalue weighted by molar-refractivity contribution is -0.129.